The Hall–Kier alpha value is -3.86. The summed E-state index contributed by atoms with van der Waals surface area (Å²) in [5.41, 5.74) is 2.93. The zero-order chi connectivity index (χ0) is 22.8. The number of rotatable bonds is 6. The molecule has 1 N–H and O–H groups in total. The molecular formula is C21H19FN6O3S. The standard InChI is InChI=1S/C21H19FN6O3S/c1-11-7-14(22)5-6-17(11)28-12(2)18(25-27-28)19-23-21(32-26-19)24-20(29)13-8-15(30-3)10-16(9-13)31-4/h5-10H,1-4H3,(H,23,24,26,29). The molecule has 0 aliphatic rings. The predicted octanol–water partition coefficient (Wildman–Crippen LogP) is 3.81. The van der Waals surface area contributed by atoms with E-state index in [0.717, 1.165) is 17.1 Å². The van der Waals surface area contributed by atoms with E-state index in [1.54, 1.807) is 35.9 Å². The molecule has 0 unspecified atom stereocenters. The minimum Gasteiger partial charge on any atom is -0.497 e. The lowest BCUT2D eigenvalue weighted by atomic mass is 10.2. The Kier molecular flexibility index (Phi) is 5.82. The summed E-state index contributed by atoms with van der Waals surface area (Å²) in [5.74, 6) is 0.621. The number of ether oxygens (including phenoxy) is 2. The van der Waals surface area contributed by atoms with E-state index in [1.807, 2.05) is 6.92 Å². The molecule has 4 aromatic rings. The molecule has 0 saturated carbocycles. The first-order chi connectivity index (χ1) is 15.4. The van der Waals surface area contributed by atoms with Crippen LogP contribution in [0.3, 0.4) is 0 Å². The Labute approximate surface area is 187 Å². The summed E-state index contributed by atoms with van der Waals surface area (Å²) in [4.78, 5) is 17.0. The average molecular weight is 454 g/mol. The molecule has 9 nitrogen and oxygen atoms in total. The van der Waals surface area contributed by atoms with Crippen molar-refractivity contribution in [2.75, 3.05) is 19.5 Å². The number of carbonyl (C=O) groups excluding carboxylic acids is 1. The van der Waals surface area contributed by atoms with E-state index in [-0.39, 0.29) is 11.7 Å². The van der Waals surface area contributed by atoms with E-state index in [4.69, 9.17) is 9.47 Å². The van der Waals surface area contributed by atoms with Crippen molar-refractivity contribution in [3.05, 3.63) is 59.0 Å². The number of aryl methyl sites for hydroxylation is 1. The first-order valence-corrected chi connectivity index (χ1v) is 10.2. The second kappa shape index (κ2) is 8.71. The van der Waals surface area contributed by atoms with E-state index in [9.17, 15) is 9.18 Å². The van der Waals surface area contributed by atoms with Crippen molar-refractivity contribution in [3.63, 3.8) is 0 Å². The Morgan fingerprint density at radius 3 is 2.47 bits per heavy atom. The first kappa shape index (κ1) is 21.4. The van der Waals surface area contributed by atoms with Gasteiger partial charge in [-0.05, 0) is 49.7 Å². The summed E-state index contributed by atoms with van der Waals surface area (Å²) in [6.45, 7) is 3.61. The molecule has 0 atom stereocenters. The number of anilines is 1. The van der Waals surface area contributed by atoms with E-state index in [1.165, 1.54) is 26.4 Å². The van der Waals surface area contributed by atoms with Gasteiger partial charge in [-0.2, -0.15) is 9.36 Å². The van der Waals surface area contributed by atoms with Crippen LogP contribution in [0.25, 0.3) is 17.2 Å². The monoisotopic (exact) mass is 454 g/mol. The number of hydrogen-bond donors (Lipinski definition) is 1. The largest absolute Gasteiger partial charge is 0.497 e. The lowest BCUT2D eigenvalue weighted by Crippen LogP contribution is -2.12. The second-order valence-corrected chi connectivity index (χ2v) is 7.60. The number of nitrogens with zero attached hydrogens (tertiary/aromatic N) is 5. The van der Waals surface area contributed by atoms with Gasteiger partial charge in [0.25, 0.3) is 5.91 Å². The fraction of sp³-hybridized carbons (Fsp3) is 0.190. The van der Waals surface area contributed by atoms with Gasteiger partial charge in [0.15, 0.2) is 11.5 Å². The average Bonchev–Trinajstić information content (AvgIpc) is 3.39. The molecule has 0 radical (unpaired) electrons. The normalized spacial score (nSPS) is 10.8. The van der Waals surface area contributed by atoms with E-state index >= 15 is 0 Å². The molecule has 164 valence electrons. The highest BCUT2D eigenvalue weighted by Crippen LogP contribution is 2.26. The van der Waals surface area contributed by atoms with Crippen molar-refractivity contribution in [2.45, 2.75) is 13.8 Å². The van der Waals surface area contributed by atoms with Crippen LogP contribution < -0.4 is 14.8 Å². The van der Waals surface area contributed by atoms with Gasteiger partial charge in [0.1, 0.15) is 17.3 Å². The van der Waals surface area contributed by atoms with Gasteiger partial charge in [0, 0.05) is 23.2 Å². The summed E-state index contributed by atoms with van der Waals surface area (Å²) in [6.07, 6.45) is 0. The third-order valence-electron chi connectivity index (χ3n) is 4.75. The molecule has 0 aliphatic carbocycles. The Bertz CT molecular complexity index is 1280. The highest BCUT2D eigenvalue weighted by molar-refractivity contribution is 7.10. The number of hydrogen-bond acceptors (Lipinski definition) is 8. The van der Waals surface area contributed by atoms with Crippen LogP contribution in [-0.2, 0) is 0 Å². The van der Waals surface area contributed by atoms with Crippen LogP contribution in [0.2, 0.25) is 0 Å². The van der Waals surface area contributed by atoms with Crippen molar-refractivity contribution in [1.82, 2.24) is 24.4 Å². The third-order valence-corrected chi connectivity index (χ3v) is 5.38. The summed E-state index contributed by atoms with van der Waals surface area (Å²) in [6, 6.07) is 9.30. The number of nitrogens with one attached hydrogen (secondary N) is 1. The molecule has 4 rings (SSSR count). The third kappa shape index (κ3) is 4.14. The quantitative estimate of drug-likeness (QED) is 0.472. The molecule has 0 aliphatic heterocycles. The summed E-state index contributed by atoms with van der Waals surface area (Å²) in [5, 5.41) is 11.4. The van der Waals surface area contributed by atoms with Crippen molar-refractivity contribution < 1.29 is 18.7 Å². The summed E-state index contributed by atoms with van der Waals surface area (Å²) in [7, 11) is 3.02. The van der Waals surface area contributed by atoms with Crippen LogP contribution in [0.1, 0.15) is 21.6 Å². The Balaban J connectivity index is 1.57. The van der Waals surface area contributed by atoms with Gasteiger partial charge in [-0.3, -0.25) is 10.1 Å². The smallest absolute Gasteiger partial charge is 0.257 e. The molecular weight excluding hydrogens is 435 g/mol. The molecule has 2 aromatic carbocycles. The van der Waals surface area contributed by atoms with Crippen LogP contribution >= 0.6 is 11.5 Å². The molecule has 0 spiro atoms. The van der Waals surface area contributed by atoms with Crippen molar-refractivity contribution in [1.29, 1.82) is 0 Å². The van der Waals surface area contributed by atoms with Crippen molar-refractivity contribution in [2.24, 2.45) is 0 Å². The molecule has 0 fully saturated rings. The summed E-state index contributed by atoms with van der Waals surface area (Å²) < 4.78 is 29.7. The van der Waals surface area contributed by atoms with Crippen molar-refractivity contribution >= 4 is 22.6 Å². The summed E-state index contributed by atoms with van der Waals surface area (Å²) >= 11 is 1.02. The van der Waals surface area contributed by atoms with Gasteiger partial charge in [0.2, 0.25) is 5.13 Å². The van der Waals surface area contributed by atoms with Gasteiger partial charge in [-0.1, -0.05) is 5.21 Å². The minimum absolute atomic E-state index is 0.304. The Morgan fingerprint density at radius 1 is 1.09 bits per heavy atom. The second-order valence-electron chi connectivity index (χ2n) is 6.84. The lowest BCUT2D eigenvalue weighted by molar-refractivity contribution is 0.102. The molecule has 32 heavy (non-hydrogen) atoms. The molecule has 11 heteroatoms. The Morgan fingerprint density at radius 2 is 1.81 bits per heavy atom. The van der Waals surface area contributed by atoms with Crippen LogP contribution in [0.15, 0.2) is 36.4 Å². The van der Waals surface area contributed by atoms with Gasteiger partial charge in [0.05, 0.1) is 25.6 Å². The molecule has 2 aromatic heterocycles. The maximum absolute atomic E-state index is 13.4. The number of benzene rings is 2. The maximum atomic E-state index is 13.4. The van der Waals surface area contributed by atoms with Crippen LogP contribution in [-0.4, -0.2) is 44.5 Å². The predicted molar refractivity (Wildman–Crippen MR) is 117 cm³/mol. The van der Waals surface area contributed by atoms with Gasteiger partial charge < -0.3 is 9.47 Å². The highest BCUT2D eigenvalue weighted by Gasteiger charge is 2.19. The van der Waals surface area contributed by atoms with Gasteiger partial charge in [-0.25, -0.2) is 9.07 Å². The fourth-order valence-electron chi connectivity index (χ4n) is 3.10. The van der Waals surface area contributed by atoms with Crippen molar-refractivity contribution in [3.8, 4) is 28.7 Å². The van der Waals surface area contributed by atoms with E-state index in [0.29, 0.717) is 45.1 Å². The SMILES string of the molecule is COc1cc(OC)cc(C(=O)Nc2nc(-c3nnn(-c4ccc(F)cc4C)c3C)ns2)c1. The first-order valence-electron chi connectivity index (χ1n) is 9.47. The van der Waals surface area contributed by atoms with Crippen LogP contribution in [0, 0.1) is 19.7 Å². The van der Waals surface area contributed by atoms with Crippen LogP contribution in [0.4, 0.5) is 9.52 Å². The molecule has 0 bridgehead atoms. The zero-order valence-corrected chi connectivity index (χ0v) is 18.5. The number of carbonyl (C=O) groups is 1. The maximum Gasteiger partial charge on any atom is 0.257 e. The molecule has 0 saturated heterocycles. The number of amides is 1. The molecule has 2 heterocycles. The number of aromatic nitrogens is 5. The van der Waals surface area contributed by atoms with Crippen LogP contribution in [0.5, 0.6) is 11.5 Å². The van der Waals surface area contributed by atoms with Gasteiger partial charge in [-0.15, -0.1) is 5.10 Å². The van der Waals surface area contributed by atoms with E-state index < -0.39 is 0 Å². The zero-order valence-electron chi connectivity index (χ0n) is 17.7. The molecule has 1 amide bonds. The number of halogens is 1. The van der Waals surface area contributed by atoms with E-state index in [2.05, 4.69) is 25.0 Å². The topological polar surface area (TPSA) is 104 Å². The number of methoxy groups -OCH3 is 2. The highest BCUT2D eigenvalue weighted by atomic mass is 32.1. The fourth-order valence-corrected chi connectivity index (χ4v) is 3.67. The lowest BCUT2D eigenvalue weighted by Gasteiger charge is -2.07. The minimum atomic E-state index is -0.382. The van der Waals surface area contributed by atoms with Gasteiger partial charge >= 0.3 is 0 Å².